The third-order valence-corrected chi connectivity index (χ3v) is 4.21. The molecule has 1 aliphatic heterocycles. The summed E-state index contributed by atoms with van der Waals surface area (Å²) in [6.45, 7) is 7.84. The lowest BCUT2D eigenvalue weighted by atomic mass is 10.1. The fourth-order valence-electron chi connectivity index (χ4n) is 1.81. The Kier molecular flexibility index (Phi) is 5.95. The molecule has 2 unspecified atom stereocenters. The Morgan fingerprint density at radius 3 is 2.79 bits per heavy atom. The minimum atomic E-state index is 0.489. The van der Waals surface area contributed by atoms with E-state index in [0.717, 1.165) is 17.8 Å². The van der Waals surface area contributed by atoms with E-state index in [4.69, 9.17) is 4.74 Å². The minimum Gasteiger partial charge on any atom is -0.368 e. The molecule has 0 amide bonds. The summed E-state index contributed by atoms with van der Waals surface area (Å²) in [7, 11) is 0. The third kappa shape index (κ3) is 4.70. The maximum absolute atomic E-state index is 5.77. The van der Waals surface area contributed by atoms with Crippen LogP contribution >= 0.6 is 11.8 Å². The number of rotatable bonds is 5. The van der Waals surface area contributed by atoms with Gasteiger partial charge in [-0.2, -0.15) is 0 Å². The molecule has 0 bridgehead atoms. The van der Waals surface area contributed by atoms with Crippen molar-refractivity contribution in [2.75, 3.05) is 6.61 Å². The number of thioether (sulfide) groups is 1. The fraction of sp³-hybridized carbons (Fsp3) is 1.00. The monoisotopic (exact) mass is 216 g/mol. The predicted octanol–water partition coefficient (Wildman–Crippen LogP) is 4.07. The van der Waals surface area contributed by atoms with Gasteiger partial charge in [-0.1, -0.05) is 27.2 Å². The zero-order valence-electron chi connectivity index (χ0n) is 9.79. The van der Waals surface area contributed by atoms with Crippen molar-refractivity contribution < 1.29 is 4.74 Å². The molecule has 1 saturated heterocycles. The van der Waals surface area contributed by atoms with Gasteiger partial charge in [-0.3, -0.25) is 0 Å². The lowest BCUT2D eigenvalue weighted by Crippen LogP contribution is -2.23. The number of hydrogen-bond donors (Lipinski definition) is 0. The molecular weight excluding hydrogens is 192 g/mol. The second-order valence-electron chi connectivity index (χ2n) is 4.61. The van der Waals surface area contributed by atoms with Crippen molar-refractivity contribution in [2.24, 2.45) is 5.92 Å². The van der Waals surface area contributed by atoms with Crippen LogP contribution in [0.2, 0.25) is 0 Å². The van der Waals surface area contributed by atoms with Gasteiger partial charge in [-0.05, 0) is 31.6 Å². The maximum atomic E-state index is 5.77. The Morgan fingerprint density at radius 2 is 2.14 bits per heavy atom. The fourth-order valence-corrected chi connectivity index (χ4v) is 3.29. The summed E-state index contributed by atoms with van der Waals surface area (Å²) in [5, 5.41) is 0.867. The van der Waals surface area contributed by atoms with Crippen LogP contribution in [-0.2, 0) is 4.74 Å². The maximum Gasteiger partial charge on any atom is 0.103 e. The quantitative estimate of drug-likeness (QED) is 0.685. The summed E-state index contributed by atoms with van der Waals surface area (Å²) >= 11 is 2.08. The molecule has 0 radical (unpaired) electrons. The van der Waals surface area contributed by atoms with E-state index in [1.165, 1.54) is 32.1 Å². The Hall–Kier alpha value is 0.310. The van der Waals surface area contributed by atoms with Crippen LogP contribution in [0.15, 0.2) is 0 Å². The normalized spacial score (nSPS) is 28.3. The van der Waals surface area contributed by atoms with Crippen LogP contribution in [0.4, 0.5) is 0 Å². The molecule has 0 aromatic carbocycles. The molecule has 0 aromatic heterocycles. The van der Waals surface area contributed by atoms with Gasteiger partial charge >= 0.3 is 0 Å². The topological polar surface area (TPSA) is 9.23 Å². The molecule has 1 fully saturated rings. The molecule has 1 rings (SSSR count). The van der Waals surface area contributed by atoms with Crippen molar-refractivity contribution >= 4 is 11.8 Å². The van der Waals surface area contributed by atoms with Crippen molar-refractivity contribution in [1.82, 2.24) is 0 Å². The molecule has 0 aliphatic carbocycles. The molecule has 0 spiro atoms. The van der Waals surface area contributed by atoms with E-state index < -0.39 is 0 Å². The van der Waals surface area contributed by atoms with E-state index in [1.54, 1.807) is 0 Å². The third-order valence-electron chi connectivity index (χ3n) is 2.68. The van der Waals surface area contributed by atoms with Crippen LogP contribution < -0.4 is 0 Å². The average Bonchev–Trinajstić information content (AvgIpc) is 2.16. The lowest BCUT2D eigenvalue weighted by molar-refractivity contribution is 0.0899. The minimum absolute atomic E-state index is 0.489. The Bertz CT molecular complexity index is 145. The highest BCUT2D eigenvalue weighted by Gasteiger charge is 2.22. The number of ether oxygens (including phenoxy) is 1. The highest BCUT2D eigenvalue weighted by atomic mass is 32.2. The standard InChI is InChI=1S/C12H24OS/c1-4-5-11-8-9-13-12(14-11)7-6-10(2)3/h10-12H,4-9H2,1-3H3. The van der Waals surface area contributed by atoms with Crippen LogP contribution in [0, 0.1) is 5.92 Å². The van der Waals surface area contributed by atoms with Crippen LogP contribution in [0.3, 0.4) is 0 Å². The first-order valence-electron chi connectivity index (χ1n) is 5.99. The first-order valence-corrected chi connectivity index (χ1v) is 6.93. The Labute approximate surface area is 93.0 Å². The molecule has 84 valence electrons. The van der Waals surface area contributed by atoms with Crippen molar-refractivity contribution in [3.63, 3.8) is 0 Å². The van der Waals surface area contributed by atoms with Crippen LogP contribution in [0.1, 0.15) is 52.9 Å². The van der Waals surface area contributed by atoms with Crippen molar-refractivity contribution in [1.29, 1.82) is 0 Å². The SMILES string of the molecule is CCCC1CCOC(CCC(C)C)S1. The highest BCUT2D eigenvalue weighted by Crippen LogP contribution is 2.33. The van der Waals surface area contributed by atoms with E-state index in [1.807, 2.05) is 0 Å². The lowest BCUT2D eigenvalue weighted by Gasteiger charge is -2.29. The van der Waals surface area contributed by atoms with E-state index in [2.05, 4.69) is 32.5 Å². The molecule has 1 aliphatic rings. The summed E-state index contributed by atoms with van der Waals surface area (Å²) in [6.07, 6.45) is 6.48. The van der Waals surface area contributed by atoms with Crippen molar-refractivity contribution in [3.8, 4) is 0 Å². The second-order valence-corrected chi connectivity index (χ2v) is 6.07. The van der Waals surface area contributed by atoms with E-state index in [9.17, 15) is 0 Å². The smallest absolute Gasteiger partial charge is 0.103 e. The molecule has 2 heteroatoms. The van der Waals surface area contributed by atoms with Crippen LogP contribution in [0.5, 0.6) is 0 Å². The second kappa shape index (κ2) is 6.73. The van der Waals surface area contributed by atoms with Gasteiger partial charge in [0.15, 0.2) is 0 Å². The molecule has 1 nitrogen and oxygen atoms in total. The van der Waals surface area contributed by atoms with Gasteiger partial charge in [0.25, 0.3) is 0 Å². The zero-order chi connectivity index (χ0) is 10.4. The molecule has 0 aromatic rings. The zero-order valence-corrected chi connectivity index (χ0v) is 10.6. The Balaban J connectivity index is 2.18. The van der Waals surface area contributed by atoms with Gasteiger partial charge in [-0.25, -0.2) is 0 Å². The van der Waals surface area contributed by atoms with Crippen LogP contribution in [-0.4, -0.2) is 17.3 Å². The summed E-state index contributed by atoms with van der Waals surface area (Å²) < 4.78 is 5.77. The van der Waals surface area contributed by atoms with E-state index >= 15 is 0 Å². The van der Waals surface area contributed by atoms with Gasteiger partial charge in [0.1, 0.15) is 5.44 Å². The van der Waals surface area contributed by atoms with Crippen LogP contribution in [0.25, 0.3) is 0 Å². The van der Waals surface area contributed by atoms with E-state index in [0.29, 0.717) is 5.44 Å². The molecule has 1 heterocycles. The first-order chi connectivity index (χ1) is 6.72. The summed E-state index contributed by atoms with van der Waals surface area (Å²) in [6, 6.07) is 0. The van der Waals surface area contributed by atoms with Crippen molar-refractivity contribution in [2.45, 2.75) is 63.6 Å². The van der Waals surface area contributed by atoms with Crippen molar-refractivity contribution in [3.05, 3.63) is 0 Å². The summed E-state index contributed by atoms with van der Waals surface area (Å²) in [5.74, 6) is 0.811. The number of hydrogen-bond acceptors (Lipinski definition) is 2. The molecule has 0 N–H and O–H groups in total. The van der Waals surface area contributed by atoms with Gasteiger partial charge < -0.3 is 4.74 Å². The average molecular weight is 216 g/mol. The molecule has 14 heavy (non-hydrogen) atoms. The molecule has 2 atom stereocenters. The summed E-state index contributed by atoms with van der Waals surface area (Å²) in [5.41, 5.74) is 0.489. The highest BCUT2D eigenvalue weighted by molar-refractivity contribution is 8.00. The van der Waals surface area contributed by atoms with Gasteiger partial charge in [0.05, 0.1) is 0 Å². The molecular formula is C12H24OS. The van der Waals surface area contributed by atoms with Gasteiger partial charge in [0, 0.05) is 11.9 Å². The molecule has 0 saturated carbocycles. The van der Waals surface area contributed by atoms with E-state index in [-0.39, 0.29) is 0 Å². The van der Waals surface area contributed by atoms with Gasteiger partial charge in [-0.15, -0.1) is 11.8 Å². The van der Waals surface area contributed by atoms with Gasteiger partial charge in [0.2, 0.25) is 0 Å². The predicted molar refractivity (Wildman–Crippen MR) is 64.7 cm³/mol. The first kappa shape index (κ1) is 12.4. The largest absolute Gasteiger partial charge is 0.368 e. The summed E-state index contributed by atoms with van der Waals surface area (Å²) in [4.78, 5) is 0. The Morgan fingerprint density at radius 1 is 1.36 bits per heavy atom.